The smallest absolute Gasteiger partial charge is 0.176 e. The second kappa shape index (κ2) is 4.84. The lowest BCUT2D eigenvalue weighted by Gasteiger charge is -2.17. The lowest BCUT2D eigenvalue weighted by molar-refractivity contribution is 0.492. The van der Waals surface area contributed by atoms with Crippen molar-refractivity contribution in [3.05, 3.63) is 30.4 Å². The van der Waals surface area contributed by atoms with Gasteiger partial charge in [-0.25, -0.2) is 9.97 Å². The van der Waals surface area contributed by atoms with Crippen LogP contribution in [0, 0.1) is 5.92 Å². The second-order valence-electron chi connectivity index (χ2n) is 5.88. The molecule has 0 spiro atoms. The highest BCUT2D eigenvalue weighted by molar-refractivity contribution is 5.60. The van der Waals surface area contributed by atoms with Gasteiger partial charge in [0.1, 0.15) is 5.65 Å². The van der Waals surface area contributed by atoms with Crippen LogP contribution < -0.4 is 5.32 Å². The van der Waals surface area contributed by atoms with Gasteiger partial charge >= 0.3 is 0 Å². The zero-order valence-electron chi connectivity index (χ0n) is 12.6. The molecular formula is C16H21N5. The first-order valence-corrected chi connectivity index (χ1v) is 7.85. The molecule has 21 heavy (non-hydrogen) atoms. The van der Waals surface area contributed by atoms with Gasteiger partial charge in [0.2, 0.25) is 0 Å². The van der Waals surface area contributed by atoms with Crippen LogP contribution in [-0.2, 0) is 6.54 Å². The summed E-state index contributed by atoms with van der Waals surface area (Å²) in [6, 6.07) is 2.07. The van der Waals surface area contributed by atoms with Crippen molar-refractivity contribution in [1.82, 2.24) is 24.3 Å². The van der Waals surface area contributed by atoms with Gasteiger partial charge in [-0.05, 0) is 25.5 Å². The third-order valence-corrected chi connectivity index (χ3v) is 4.86. The number of imidazole rings is 1. The Hall–Kier alpha value is -1.88. The largest absolute Gasteiger partial charge is 0.331 e. The van der Waals surface area contributed by atoms with E-state index in [4.69, 9.17) is 0 Å². The van der Waals surface area contributed by atoms with Gasteiger partial charge in [0, 0.05) is 37.1 Å². The minimum atomic E-state index is 0.566. The van der Waals surface area contributed by atoms with E-state index in [0.717, 1.165) is 36.8 Å². The van der Waals surface area contributed by atoms with Gasteiger partial charge in [0.15, 0.2) is 5.82 Å². The molecule has 0 aromatic carbocycles. The van der Waals surface area contributed by atoms with Crippen molar-refractivity contribution in [2.24, 2.45) is 5.92 Å². The van der Waals surface area contributed by atoms with E-state index in [1.807, 2.05) is 12.4 Å². The number of fused-ring (bicyclic) bond motifs is 3. The molecule has 2 atom stereocenters. The van der Waals surface area contributed by atoms with E-state index in [1.165, 1.54) is 12.1 Å². The third kappa shape index (κ3) is 1.80. The molecule has 0 radical (unpaired) electrons. The fourth-order valence-electron chi connectivity index (χ4n) is 3.67. The van der Waals surface area contributed by atoms with Gasteiger partial charge in [-0.15, -0.1) is 0 Å². The monoisotopic (exact) mass is 283 g/mol. The Bertz CT molecular complexity index is 741. The van der Waals surface area contributed by atoms with Crippen LogP contribution >= 0.6 is 0 Å². The van der Waals surface area contributed by atoms with E-state index in [2.05, 4.69) is 50.4 Å². The Morgan fingerprint density at radius 1 is 1.29 bits per heavy atom. The number of hydrogen-bond donors (Lipinski definition) is 1. The molecule has 1 saturated heterocycles. The normalized spacial score (nSPS) is 22.6. The zero-order valence-corrected chi connectivity index (χ0v) is 12.6. The molecule has 1 aromatic heterocycles. The molecule has 0 amide bonds. The lowest BCUT2D eigenvalue weighted by Crippen LogP contribution is -2.13. The summed E-state index contributed by atoms with van der Waals surface area (Å²) in [5.74, 6) is 2.11. The minimum absolute atomic E-state index is 0.566. The summed E-state index contributed by atoms with van der Waals surface area (Å²) < 4.78 is 4.65. The van der Waals surface area contributed by atoms with Crippen LogP contribution in [0.5, 0.6) is 0 Å². The highest BCUT2D eigenvalue weighted by Crippen LogP contribution is 2.34. The van der Waals surface area contributed by atoms with Crippen LogP contribution in [-0.4, -0.2) is 32.0 Å². The van der Waals surface area contributed by atoms with E-state index in [1.54, 1.807) is 0 Å². The van der Waals surface area contributed by atoms with E-state index >= 15 is 0 Å². The van der Waals surface area contributed by atoms with Crippen LogP contribution in [0.25, 0.3) is 17.2 Å². The third-order valence-electron chi connectivity index (χ3n) is 4.86. The summed E-state index contributed by atoms with van der Waals surface area (Å²) in [6.45, 7) is 7.61. The Morgan fingerprint density at radius 3 is 3.00 bits per heavy atom. The summed E-state index contributed by atoms with van der Waals surface area (Å²) in [6.07, 6.45) is 7.32. The SMILES string of the molecule is CC[C@@H]1CNC[C@@H]1c1cn(CC)c2cnc3nccc-3n12. The van der Waals surface area contributed by atoms with Crippen molar-refractivity contribution in [2.45, 2.75) is 32.7 Å². The van der Waals surface area contributed by atoms with E-state index in [-0.39, 0.29) is 0 Å². The fourth-order valence-corrected chi connectivity index (χ4v) is 3.67. The second-order valence-corrected chi connectivity index (χ2v) is 5.88. The maximum Gasteiger partial charge on any atom is 0.176 e. The van der Waals surface area contributed by atoms with E-state index < -0.39 is 0 Å². The van der Waals surface area contributed by atoms with Gasteiger partial charge in [-0.3, -0.25) is 4.40 Å². The Morgan fingerprint density at radius 2 is 2.19 bits per heavy atom. The Balaban J connectivity index is 1.98. The van der Waals surface area contributed by atoms with Crippen molar-refractivity contribution < 1.29 is 0 Å². The number of aryl methyl sites for hydroxylation is 1. The molecule has 3 aliphatic heterocycles. The average Bonchev–Trinajstić information content (AvgIpc) is 3.22. The molecule has 0 unspecified atom stereocenters. The minimum Gasteiger partial charge on any atom is -0.331 e. The molecule has 0 bridgehead atoms. The van der Waals surface area contributed by atoms with Crippen molar-refractivity contribution in [3.8, 4) is 11.5 Å². The molecule has 4 rings (SSSR count). The molecule has 5 heteroatoms. The Kier molecular flexibility index (Phi) is 2.96. The van der Waals surface area contributed by atoms with Crippen molar-refractivity contribution >= 4 is 5.65 Å². The standard InChI is InChI=1S/C16H21N5/c1-3-11-7-17-8-12(11)14-10-20(4-2)15-9-19-16-13(21(14)15)5-6-18-16/h5-6,9-12,17H,3-4,7-8H2,1-2H3/t11-,12+/m1/s1. The van der Waals surface area contributed by atoms with Crippen molar-refractivity contribution in [3.63, 3.8) is 0 Å². The zero-order chi connectivity index (χ0) is 14.4. The summed E-state index contributed by atoms with van der Waals surface area (Å²) in [5, 5.41) is 3.55. The molecule has 4 heterocycles. The van der Waals surface area contributed by atoms with Crippen LogP contribution in [0.3, 0.4) is 0 Å². The van der Waals surface area contributed by atoms with Crippen molar-refractivity contribution in [2.75, 3.05) is 13.1 Å². The maximum atomic E-state index is 4.49. The first-order chi connectivity index (χ1) is 10.3. The first kappa shape index (κ1) is 12.8. The number of aromatic nitrogens is 4. The summed E-state index contributed by atoms with van der Waals surface area (Å²) in [5.41, 5.74) is 3.68. The molecule has 5 nitrogen and oxygen atoms in total. The fraction of sp³-hybridized carbons (Fsp3) is 0.500. The first-order valence-electron chi connectivity index (χ1n) is 7.85. The molecule has 1 N–H and O–H groups in total. The molecule has 1 aromatic rings. The number of nitrogens with zero attached hydrogens (tertiary/aromatic N) is 4. The topological polar surface area (TPSA) is 47.2 Å². The molecular weight excluding hydrogens is 262 g/mol. The van der Waals surface area contributed by atoms with Gasteiger partial charge < -0.3 is 9.88 Å². The van der Waals surface area contributed by atoms with E-state index in [0.29, 0.717) is 11.8 Å². The molecule has 0 aliphatic carbocycles. The van der Waals surface area contributed by atoms with Crippen molar-refractivity contribution in [1.29, 1.82) is 0 Å². The van der Waals surface area contributed by atoms with Gasteiger partial charge in [0.25, 0.3) is 0 Å². The van der Waals surface area contributed by atoms with Gasteiger partial charge in [-0.2, -0.15) is 0 Å². The lowest BCUT2D eigenvalue weighted by atomic mass is 9.91. The van der Waals surface area contributed by atoms with Crippen LogP contribution in [0.15, 0.2) is 24.7 Å². The van der Waals surface area contributed by atoms with Crippen LogP contribution in [0.1, 0.15) is 31.9 Å². The molecule has 0 saturated carbocycles. The predicted octanol–water partition coefficient (Wildman–Crippen LogP) is 2.37. The van der Waals surface area contributed by atoms with Gasteiger partial charge in [0.05, 0.1) is 11.9 Å². The van der Waals surface area contributed by atoms with Gasteiger partial charge in [-0.1, -0.05) is 13.3 Å². The average molecular weight is 283 g/mol. The molecule has 3 aliphatic rings. The Labute approximate surface area is 124 Å². The van der Waals surface area contributed by atoms with Crippen LogP contribution in [0.4, 0.5) is 0 Å². The van der Waals surface area contributed by atoms with Crippen LogP contribution in [0.2, 0.25) is 0 Å². The summed E-state index contributed by atoms with van der Waals surface area (Å²) in [7, 11) is 0. The highest BCUT2D eigenvalue weighted by atomic mass is 15.2. The molecule has 1 fully saturated rings. The highest BCUT2D eigenvalue weighted by Gasteiger charge is 2.30. The van der Waals surface area contributed by atoms with E-state index in [9.17, 15) is 0 Å². The quantitative estimate of drug-likeness (QED) is 0.802. The summed E-state index contributed by atoms with van der Waals surface area (Å²) in [4.78, 5) is 8.84. The predicted molar refractivity (Wildman–Crippen MR) is 82.7 cm³/mol. The summed E-state index contributed by atoms with van der Waals surface area (Å²) >= 11 is 0. The maximum absolute atomic E-state index is 4.49. The number of hydrogen-bond acceptors (Lipinski definition) is 3. The number of rotatable bonds is 3. The molecule has 110 valence electrons. The number of nitrogens with one attached hydrogen (secondary N) is 1.